The molecule has 1 N–H and O–H groups in total. The fraction of sp³-hybridized carbons (Fsp3) is 0.278. The number of nitrogens with one attached hydrogen (secondary N) is 1. The molecule has 1 aliphatic heterocycles. The zero-order chi connectivity index (χ0) is 16.9. The maximum absolute atomic E-state index is 5.82. The molecule has 1 saturated heterocycles. The van der Waals surface area contributed by atoms with Crippen molar-refractivity contribution in [3.05, 3.63) is 60.2 Å². The zero-order valence-corrected chi connectivity index (χ0v) is 14.8. The van der Waals surface area contributed by atoms with Gasteiger partial charge in [-0.15, -0.1) is 12.4 Å². The molecule has 0 bridgehead atoms. The second-order valence-corrected chi connectivity index (χ2v) is 5.70. The molecule has 2 aromatic heterocycles. The number of aromatic nitrogens is 3. The molecule has 7 nitrogen and oxygen atoms in total. The smallest absolute Gasteiger partial charge is 0.257 e. The Labute approximate surface area is 157 Å². The highest BCUT2D eigenvalue weighted by molar-refractivity contribution is 5.85. The van der Waals surface area contributed by atoms with Gasteiger partial charge in [0.1, 0.15) is 18.5 Å². The Morgan fingerprint density at radius 1 is 1.23 bits per heavy atom. The molecule has 0 amide bonds. The van der Waals surface area contributed by atoms with Gasteiger partial charge in [-0.3, -0.25) is 4.98 Å². The molecule has 3 heterocycles. The number of hydrogen-bond donors (Lipinski definition) is 1. The average molecular weight is 375 g/mol. The van der Waals surface area contributed by atoms with Gasteiger partial charge < -0.3 is 19.3 Å². The molecule has 0 spiro atoms. The summed E-state index contributed by atoms with van der Waals surface area (Å²) in [5.41, 5.74) is 1.85. The Morgan fingerprint density at radius 3 is 3.00 bits per heavy atom. The minimum Gasteiger partial charge on any atom is -0.489 e. The Balaban J connectivity index is 0.00000196. The van der Waals surface area contributed by atoms with Crippen molar-refractivity contribution in [2.45, 2.75) is 12.7 Å². The predicted octanol–water partition coefficient (Wildman–Crippen LogP) is 2.79. The van der Waals surface area contributed by atoms with Gasteiger partial charge in [-0.2, -0.15) is 4.98 Å². The van der Waals surface area contributed by atoms with Crippen LogP contribution in [0.1, 0.15) is 17.6 Å². The molecule has 1 aromatic carbocycles. The Morgan fingerprint density at radius 2 is 2.19 bits per heavy atom. The number of hydrogen-bond acceptors (Lipinski definition) is 7. The third kappa shape index (κ3) is 4.37. The van der Waals surface area contributed by atoms with E-state index < -0.39 is 0 Å². The molecule has 1 atom stereocenters. The van der Waals surface area contributed by atoms with Crippen LogP contribution in [0.25, 0.3) is 11.4 Å². The summed E-state index contributed by atoms with van der Waals surface area (Å²) in [7, 11) is 0. The van der Waals surface area contributed by atoms with Crippen LogP contribution in [0.2, 0.25) is 0 Å². The fourth-order valence-corrected chi connectivity index (χ4v) is 2.58. The molecule has 0 radical (unpaired) electrons. The van der Waals surface area contributed by atoms with Crippen LogP contribution in [-0.4, -0.2) is 34.8 Å². The number of benzene rings is 1. The topological polar surface area (TPSA) is 82.3 Å². The van der Waals surface area contributed by atoms with Gasteiger partial charge >= 0.3 is 0 Å². The van der Waals surface area contributed by atoms with E-state index in [0.717, 1.165) is 23.4 Å². The van der Waals surface area contributed by atoms with Gasteiger partial charge in [0.15, 0.2) is 0 Å². The SMILES string of the molecule is Cl.c1cncc(COc2cccc(-c3noc([C@@H]4CNCCO4)n3)c2)c1. The maximum Gasteiger partial charge on any atom is 0.257 e. The van der Waals surface area contributed by atoms with E-state index in [4.69, 9.17) is 14.0 Å². The van der Waals surface area contributed by atoms with Crippen LogP contribution in [-0.2, 0) is 11.3 Å². The second kappa shape index (κ2) is 8.75. The Kier molecular flexibility index (Phi) is 6.17. The molecule has 0 aliphatic carbocycles. The van der Waals surface area contributed by atoms with E-state index in [2.05, 4.69) is 20.4 Å². The van der Waals surface area contributed by atoms with Crippen LogP contribution in [0.3, 0.4) is 0 Å². The third-order valence-electron chi connectivity index (χ3n) is 3.87. The molecule has 0 saturated carbocycles. The number of morpholine rings is 1. The van der Waals surface area contributed by atoms with Crippen molar-refractivity contribution in [2.24, 2.45) is 0 Å². The molecule has 136 valence electrons. The summed E-state index contributed by atoms with van der Waals surface area (Å²) < 4.78 is 16.8. The van der Waals surface area contributed by atoms with Gasteiger partial charge in [-0.1, -0.05) is 23.4 Å². The lowest BCUT2D eigenvalue weighted by molar-refractivity contribution is 0.00755. The lowest BCUT2D eigenvalue weighted by Gasteiger charge is -2.19. The van der Waals surface area contributed by atoms with Crippen LogP contribution in [0.5, 0.6) is 5.75 Å². The first-order valence-electron chi connectivity index (χ1n) is 8.16. The number of halogens is 1. The van der Waals surface area contributed by atoms with E-state index in [-0.39, 0.29) is 18.5 Å². The van der Waals surface area contributed by atoms with Crippen molar-refractivity contribution in [3.8, 4) is 17.1 Å². The number of pyridine rings is 1. The predicted molar refractivity (Wildman–Crippen MR) is 97.1 cm³/mol. The van der Waals surface area contributed by atoms with Gasteiger partial charge in [-0.25, -0.2) is 0 Å². The van der Waals surface area contributed by atoms with Crippen LogP contribution in [0, 0.1) is 0 Å². The molecule has 8 heteroatoms. The van der Waals surface area contributed by atoms with Crippen molar-refractivity contribution in [1.82, 2.24) is 20.4 Å². The van der Waals surface area contributed by atoms with Crippen molar-refractivity contribution in [3.63, 3.8) is 0 Å². The minimum atomic E-state index is -0.194. The first-order chi connectivity index (χ1) is 12.4. The third-order valence-corrected chi connectivity index (χ3v) is 3.87. The normalized spacial score (nSPS) is 16.7. The quantitative estimate of drug-likeness (QED) is 0.735. The van der Waals surface area contributed by atoms with Crippen molar-refractivity contribution in [1.29, 1.82) is 0 Å². The number of rotatable bonds is 5. The van der Waals surface area contributed by atoms with Crippen LogP contribution in [0.4, 0.5) is 0 Å². The molecular formula is C18H19ClN4O3. The lowest BCUT2D eigenvalue weighted by atomic mass is 10.2. The molecular weight excluding hydrogens is 356 g/mol. The summed E-state index contributed by atoms with van der Waals surface area (Å²) in [5, 5.41) is 7.31. The summed E-state index contributed by atoms with van der Waals surface area (Å²) >= 11 is 0. The Bertz CT molecular complexity index is 822. The summed E-state index contributed by atoms with van der Waals surface area (Å²) in [6.07, 6.45) is 3.33. The maximum atomic E-state index is 5.82. The first-order valence-corrected chi connectivity index (χ1v) is 8.16. The minimum absolute atomic E-state index is 0. The van der Waals surface area contributed by atoms with Gasteiger partial charge in [0.2, 0.25) is 5.82 Å². The van der Waals surface area contributed by atoms with Crippen molar-refractivity contribution < 1.29 is 14.0 Å². The highest BCUT2D eigenvalue weighted by Gasteiger charge is 2.22. The molecule has 1 fully saturated rings. The molecule has 4 rings (SSSR count). The van der Waals surface area contributed by atoms with Gasteiger partial charge in [0, 0.05) is 36.6 Å². The van der Waals surface area contributed by atoms with Gasteiger partial charge in [-0.05, 0) is 18.2 Å². The van der Waals surface area contributed by atoms with E-state index in [1.807, 2.05) is 36.4 Å². The standard InChI is InChI=1S/C18H18N4O3.ClH/c1-4-14(9-15(5-1)24-12-13-3-2-6-19-10-13)17-21-18(25-22-17)16-11-20-7-8-23-16;/h1-6,9-10,16,20H,7-8,11-12H2;1H/t16-;/m0./s1. The highest BCUT2D eigenvalue weighted by Crippen LogP contribution is 2.24. The van der Waals surface area contributed by atoms with E-state index in [1.54, 1.807) is 12.4 Å². The first kappa shape index (κ1) is 18.3. The second-order valence-electron chi connectivity index (χ2n) is 5.70. The summed E-state index contributed by atoms with van der Waals surface area (Å²) in [6.45, 7) is 2.61. The molecule has 3 aromatic rings. The van der Waals surface area contributed by atoms with Crippen LogP contribution >= 0.6 is 12.4 Å². The van der Waals surface area contributed by atoms with E-state index in [9.17, 15) is 0 Å². The monoisotopic (exact) mass is 374 g/mol. The number of nitrogens with zero attached hydrogens (tertiary/aromatic N) is 3. The van der Waals surface area contributed by atoms with Gasteiger partial charge in [0.25, 0.3) is 5.89 Å². The van der Waals surface area contributed by atoms with E-state index in [1.165, 1.54) is 0 Å². The zero-order valence-electron chi connectivity index (χ0n) is 14.0. The molecule has 0 unspecified atom stereocenters. The van der Waals surface area contributed by atoms with Crippen molar-refractivity contribution in [2.75, 3.05) is 19.7 Å². The average Bonchev–Trinajstić information content (AvgIpc) is 3.18. The van der Waals surface area contributed by atoms with E-state index >= 15 is 0 Å². The number of ether oxygens (including phenoxy) is 2. The van der Waals surface area contributed by atoms with Crippen LogP contribution < -0.4 is 10.1 Å². The lowest BCUT2D eigenvalue weighted by Crippen LogP contribution is -2.33. The van der Waals surface area contributed by atoms with Crippen molar-refractivity contribution >= 4 is 12.4 Å². The van der Waals surface area contributed by atoms with Crippen LogP contribution in [0.15, 0.2) is 53.3 Å². The van der Waals surface area contributed by atoms with E-state index in [0.29, 0.717) is 31.5 Å². The highest BCUT2D eigenvalue weighted by atomic mass is 35.5. The fourth-order valence-electron chi connectivity index (χ4n) is 2.58. The molecule has 26 heavy (non-hydrogen) atoms. The van der Waals surface area contributed by atoms with Gasteiger partial charge in [0.05, 0.1) is 6.61 Å². The molecule has 1 aliphatic rings. The Hall–Kier alpha value is -2.48. The summed E-state index contributed by atoms with van der Waals surface area (Å²) in [6, 6.07) is 11.5. The largest absolute Gasteiger partial charge is 0.489 e. The summed E-state index contributed by atoms with van der Waals surface area (Å²) in [4.78, 5) is 8.54. The summed E-state index contributed by atoms with van der Waals surface area (Å²) in [5.74, 6) is 1.75.